The predicted octanol–water partition coefficient (Wildman–Crippen LogP) is 3.03. The maximum absolute atomic E-state index is 12.9. The van der Waals surface area contributed by atoms with Crippen LogP contribution >= 0.6 is 12.2 Å². The van der Waals surface area contributed by atoms with Gasteiger partial charge < -0.3 is 14.4 Å². The third-order valence-electron chi connectivity index (χ3n) is 5.39. The predicted molar refractivity (Wildman–Crippen MR) is 113 cm³/mol. The molecule has 0 bridgehead atoms. The van der Waals surface area contributed by atoms with E-state index in [-0.39, 0.29) is 5.91 Å². The molecule has 4 rings (SSSR count). The minimum Gasteiger partial charge on any atom is -0.426 e. The summed E-state index contributed by atoms with van der Waals surface area (Å²) in [6, 6.07) is 17.3. The van der Waals surface area contributed by atoms with E-state index in [4.69, 9.17) is 21.7 Å². The van der Waals surface area contributed by atoms with Crippen LogP contribution < -0.4 is 9.47 Å². The van der Waals surface area contributed by atoms with Gasteiger partial charge in [-0.2, -0.15) is 0 Å². The van der Waals surface area contributed by atoms with Crippen molar-refractivity contribution in [1.29, 1.82) is 0 Å². The van der Waals surface area contributed by atoms with Gasteiger partial charge in [0, 0.05) is 13.0 Å². The Bertz CT molecular complexity index is 939. The van der Waals surface area contributed by atoms with Crippen molar-refractivity contribution >= 4 is 35.1 Å². The highest BCUT2D eigenvalue weighted by Crippen LogP contribution is 2.43. The van der Waals surface area contributed by atoms with Crippen LogP contribution in [-0.4, -0.2) is 34.8 Å². The summed E-state index contributed by atoms with van der Waals surface area (Å²) in [5, 5.41) is 0. The van der Waals surface area contributed by atoms with Gasteiger partial charge in [-0.05, 0) is 24.3 Å². The van der Waals surface area contributed by atoms with Gasteiger partial charge >= 0.3 is 11.9 Å². The molecule has 6 nitrogen and oxygen atoms in total. The fraction of sp³-hybridized carbons (Fsp3) is 0.217. The Morgan fingerprint density at radius 3 is 1.70 bits per heavy atom. The zero-order valence-electron chi connectivity index (χ0n) is 16.1. The number of esters is 2. The standard InChI is InChI=1S/C23H19NO5S/c1-24-20(25)18-16(22(26)28-14-8-4-2-5-9-14)12-13-17(19(18)21(24)30)23(27)29-15-10-6-3-7-11-15/h2-13,16-19H,1H3/t16-,17+,18+,19-/m0/s1. The third-order valence-corrected chi connectivity index (χ3v) is 5.93. The van der Waals surface area contributed by atoms with E-state index in [0.717, 1.165) is 0 Å². The lowest BCUT2D eigenvalue weighted by atomic mass is 9.72. The second-order valence-electron chi connectivity index (χ2n) is 7.19. The van der Waals surface area contributed by atoms with Gasteiger partial charge in [-0.15, -0.1) is 0 Å². The summed E-state index contributed by atoms with van der Waals surface area (Å²) in [4.78, 5) is 40.2. The van der Waals surface area contributed by atoms with E-state index in [1.807, 2.05) is 12.1 Å². The Morgan fingerprint density at radius 2 is 1.23 bits per heavy atom. The maximum Gasteiger partial charge on any atom is 0.319 e. The molecule has 0 saturated carbocycles. The van der Waals surface area contributed by atoms with Crippen molar-refractivity contribution < 1.29 is 23.9 Å². The number of thiocarbonyl (C=S) groups is 1. The second-order valence-corrected chi connectivity index (χ2v) is 7.61. The Hall–Kier alpha value is -3.32. The average Bonchev–Trinajstić information content (AvgIpc) is 2.99. The molecule has 152 valence electrons. The highest BCUT2D eigenvalue weighted by atomic mass is 32.1. The van der Waals surface area contributed by atoms with E-state index in [1.54, 1.807) is 67.7 Å². The summed E-state index contributed by atoms with van der Waals surface area (Å²) in [6.45, 7) is 0. The number of nitrogens with zero attached hydrogens (tertiary/aromatic N) is 1. The van der Waals surface area contributed by atoms with Crippen LogP contribution in [0.1, 0.15) is 0 Å². The second kappa shape index (κ2) is 8.20. The summed E-state index contributed by atoms with van der Waals surface area (Å²) >= 11 is 5.46. The normalized spacial score (nSPS) is 25.0. The van der Waals surface area contributed by atoms with Crippen molar-refractivity contribution in [2.75, 3.05) is 7.05 Å². The number of carbonyl (C=O) groups excluding carboxylic acids is 3. The van der Waals surface area contributed by atoms with Crippen LogP contribution in [-0.2, 0) is 14.4 Å². The molecule has 0 aromatic heterocycles. The minimum atomic E-state index is -0.841. The highest BCUT2D eigenvalue weighted by Gasteiger charge is 2.55. The fourth-order valence-corrected chi connectivity index (χ4v) is 4.27. The molecule has 0 unspecified atom stereocenters. The molecule has 1 heterocycles. The van der Waals surface area contributed by atoms with Gasteiger partial charge in [-0.1, -0.05) is 60.8 Å². The SMILES string of the molecule is CN1C(=O)[C@H]2[C@@H](C1=S)[C@H](C(=O)Oc1ccccc1)C=C[C@@H]2C(=O)Oc1ccccc1. The summed E-state index contributed by atoms with van der Waals surface area (Å²) in [6.07, 6.45) is 3.16. The molecule has 30 heavy (non-hydrogen) atoms. The van der Waals surface area contributed by atoms with Gasteiger partial charge in [0.1, 0.15) is 11.5 Å². The number of rotatable bonds is 4. The molecule has 2 aromatic carbocycles. The Balaban J connectivity index is 1.61. The molecule has 0 spiro atoms. The Kier molecular flexibility index (Phi) is 5.46. The molecule has 0 N–H and O–H groups in total. The van der Waals surface area contributed by atoms with E-state index in [1.165, 1.54) is 4.90 Å². The molecule has 7 heteroatoms. The zero-order chi connectivity index (χ0) is 21.3. The molecule has 1 aliphatic heterocycles. The van der Waals surface area contributed by atoms with Crippen molar-refractivity contribution in [1.82, 2.24) is 4.90 Å². The van der Waals surface area contributed by atoms with E-state index in [0.29, 0.717) is 16.5 Å². The Labute approximate surface area is 179 Å². The van der Waals surface area contributed by atoms with Crippen molar-refractivity contribution in [3.8, 4) is 11.5 Å². The largest absolute Gasteiger partial charge is 0.426 e. The minimum absolute atomic E-state index is 0.304. The third kappa shape index (κ3) is 3.64. The number of carbonyl (C=O) groups is 3. The summed E-state index contributed by atoms with van der Waals surface area (Å²) in [7, 11) is 1.56. The first-order valence-electron chi connectivity index (χ1n) is 9.50. The van der Waals surface area contributed by atoms with Crippen LogP contribution in [0.4, 0.5) is 0 Å². The lowest BCUT2D eigenvalue weighted by Gasteiger charge is -2.30. The number of benzene rings is 2. The molecule has 1 amide bonds. The average molecular weight is 421 g/mol. The molecule has 2 aromatic rings. The molecular weight excluding hydrogens is 402 g/mol. The summed E-state index contributed by atoms with van der Waals surface area (Å²) in [5.74, 6) is -3.66. The van der Waals surface area contributed by atoms with Crippen molar-refractivity contribution in [3.05, 3.63) is 72.8 Å². The quantitative estimate of drug-likeness (QED) is 0.327. The van der Waals surface area contributed by atoms with Crippen molar-refractivity contribution in [2.45, 2.75) is 0 Å². The lowest BCUT2D eigenvalue weighted by molar-refractivity contribution is -0.147. The number of hydrogen-bond acceptors (Lipinski definition) is 6. The summed E-state index contributed by atoms with van der Waals surface area (Å²) < 4.78 is 10.9. The number of fused-ring (bicyclic) bond motifs is 1. The van der Waals surface area contributed by atoms with Crippen LogP contribution in [0.2, 0.25) is 0 Å². The van der Waals surface area contributed by atoms with Gasteiger partial charge in [0.2, 0.25) is 5.91 Å². The van der Waals surface area contributed by atoms with Crippen molar-refractivity contribution in [3.63, 3.8) is 0 Å². The number of amides is 1. The molecule has 4 atom stereocenters. The molecule has 2 aliphatic rings. The van der Waals surface area contributed by atoms with Crippen LogP contribution in [0.25, 0.3) is 0 Å². The topological polar surface area (TPSA) is 72.9 Å². The zero-order valence-corrected chi connectivity index (χ0v) is 17.0. The maximum atomic E-state index is 12.9. The van der Waals surface area contributed by atoms with Crippen LogP contribution in [0, 0.1) is 23.7 Å². The van der Waals surface area contributed by atoms with E-state index < -0.39 is 35.6 Å². The van der Waals surface area contributed by atoms with Crippen LogP contribution in [0.15, 0.2) is 72.8 Å². The molecule has 0 radical (unpaired) electrons. The monoisotopic (exact) mass is 421 g/mol. The van der Waals surface area contributed by atoms with Crippen LogP contribution in [0.5, 0.6) is 11.5 Å². The molecular formula is C23H19NO5S. The highest BCUT2D eigenvalue weighted by molar-refractivity contribution is 7.80. The van der Waals surface area contributed by atoms with Gasteiger partial charge in [-0.3, -0.25) is 14.4 Å². The van der Waals surface area contributed by atoms with Gasteiger partial charge in [0.05, 0.1) is 22.7 Å². The molecule has 1 aliphatic carbocycles. The first kappa shape index (κ1) is 20.0. The summed E-state index contributed by atoms with van der Waals surface area (Å²) in [5.41, 5.74) is 0. The first-order valence-corrected chi connectivity index (χ1v) is 9.91. The van der Waals surface area contributed by atoms with E-state index >= 15 is 0 Å². The first-order chi connectivity index (χ1) is 14.5. The van der Waals surface area contributed by atoms with Crippen LogP contribution in [0.3, 0.4) is 0 Å². The number of para-hydroxylation sites is 2. The smallest absolute Gasteiger partial charge is 0.319 e. The van der Waals surface area contributed by atoms with E-state index in [2.05, 4.69) is 0 Å². The fourth-order valence-electron chi connectivity index (χ4n) is 3.89. The number of likely N-dealkylation sites (tertiary alicyclic amines) is 1. The molecule has 1 saturated heterocycles. The Morgan fingerprint density at radius 1 is 0.800 bits per heavy atom. The number of hydrogen-bond donors (Lipinski definition) is 0. The van der Waals surface area contributed by atoms with Gasteiger partial charge in [0.25, 0.3) is 0 Å². The van der Waals surface area contributed by atoms with Gasteiger partial charge in [0.15, 0.2) is 0 Å². The van der Waals surface area contributed by atoms with Crippen molar-refractivity contribution in [2.24, 2.45) is 23.7 Å². The van der Waals surface area contributed by atoms with Gasteiger partial charge in [-0.25, -0.2) is 0 Å². The molecule has 1 fully saturated rings. The lowest BCUT2D eigenvalue weighted by Crippen LogP contribution is -2.42. The van der Waals surface area contributed by atoms with E-state index in [9.17, 15) is 14.4 Å². The number of ether oxygens (including phenoxy) is 2.